The molecule has 2 aromatic rings. The number of anilines is 2. The van der Waals surface area contributed by atoms with Gasteiger partial charge in [-0.2, -0.15) is 0 Å². The van der Waals surface area contributed by atoms with E-state index in [1.807, 2.05) is 4.90 Å². The summed E-state index contributed by atoms with van der Waals surface area (Å²) >= 11 is 6.52. The third-order valence-corrected chi connectivity index (χ3v) is 7.43. The molecule has 3 aliphatic heterocycles. The van der Waals surface area contributed by atoms with Crippen LogP contribution >= 0.6 is 11.6 Å². The van der Waals surface area contributed by atoms with Crippen molar-refractivity contribution < 1.29 is 4.79 Å². The van der Waals surface area contributed by atoms with Crippen LogP contribution < -0.4 is 9.80 Å². The molecule has 1 saturated heterocycles. The topological polar surface area (TPSA) is 26.8 Å². The van der Waals surface area contributed by atoms with Crippen molar-refractivity contribution in [2.24, 2.45) is 0 Å². The molecule has 0 saturated carbocycles. The van der Waals surface area contributed by atoms with Gasteiger partial charge in [0.25, 0.3) is 0 Å². The number of hydrogen-bond acceptors (Lipinski definition) is 3. The number of rotatable bonds is 5. The zero-order chi connectivity index (χ0) is 20.7. The summed E-state index contributed by atoms with van der Waals surface area (Å²) in [6.45, 7) is 8.36. The average molecular weight is 424 g/mol. The number of halogens is 1. The largest absolute Gasteiger partial charge is 0.368 e. The van der Waals surface area contributed by atoms with E-state index in [9.17, 15) is 4.79 Å². The van der Waals surface area contributed by atoms with Crippen molar-refractivity contribution in [2.45, 2.75) is 39.0 Å². The Morgan fingerprint density at radius 3 is 2.53 bits per heavy atom. The lowest BCUT2D eigenvalue weighted by Gasteiger charge is -2.36. The van der Waals surface area contributed by atoms with Crippen LogP contribution in [-0.2, 0) is 24.1 Å². The molecule has 0 atom stereocenters. The summed E-state index contributed by atoms with van der Waals surface area (Å²) in [5.41, 5.74) is 7.79. The van der Waals surface area contributed by atoms with Crippen LogP contribution in [-0.4, -0.2) is 50.1 Å². The Bertz CT molecular complexity index is 965. The number of aryl methyl sites for hydroxylation is 3. The Balaban J connectivity index is 1.15. The number of hydrogen-bond donors (Lipinski definition) is 0. The molecule has 1 amide bonds. The van der Waals surface area contributed by atoms with Crippen LogP contribution in [0.15, 0.2) is 30.3 Å². The number of nitrogens with zero attached hydrogens (tertiary/aromatic N) is 3. The minimum Gasteiger partial charge on any atom is -0.368 e. The quantitative estimate of drug-likeness (QED) is 0.719. The maximum absolute atomic E-state index is 12.1. The van der Waals surface area contributed by atoms with Crippen molar-refractivity contribution in [2.75, 3.05) is 49.1 Å². The highest BCUT2D eigenvalue weighted by molar-refractivity contribution is 6.34. The van der Waals surface area contributed by atoms with Gasteiger partial charge in [-0.15, -0.1) is 0 Å². The highest BCUT2D eigenvalue weighted by atomic mass is 35.5. The first-order valence-corrected chi connectivity index (χ1v) is 11.7. The molecule has 158 valence electrons. The Kier molecular flexibility index (Phi) is 5.46. The summed E-state index contributed by atoms with van der Waals surface area (Å²) in [4.78, 5) is 19.1. The molecule has 5 heteroatoms. The van der Waals surface area contributed by atoms with E-state index in [0.717, 1.165) is 69.1 Å². The van der Waals surface area contributed by atoms with E-state index in [2.05, 4.69) is 47.1 Å². The normalized spacial score (nSPS) is 18.8. The second kappa shape index (κ2) is 8.24. The molecule has 2 aromatic carbocycles. The number of carbonyl (C=O) groups excluding carboxylic acids is 1. The van der Waals surface area contributed by atoms with Crippen LogP contribution in [0.3, 0.4) is 0 Å². The molecule has 0 unspecified atom stereocenters. The minimum atomic E-state index is 0.306. The van der Waals surface area contributed by atoms with E-state index < -0.39 is 0 Å². The number of carbonyl (C=O) groups is 1. The van der Waals surface area contributed by atoms with Gasteiger partial charge in [0.05, 0.1) is 16.4 Å². The standard InChI is InChI=1S/C25H30ClN3O/c1-18-4-2-6-22(24(18)26)28-14-12-27(13-15-28)10-3-5-19-16-20-7-8-23(30)29-11-9-21(17-19)25(20)29/h2,4,6,16-17H,3,5,7-15H2,1H3. The predicted molar refractivity (Wildman–Crippen MR) is 124 cm³/mol. The van der Waals surface area contributed by atoms with E-state index >= 15 is 0 Å². The van der Waals surface area contributed by atoms with Crippen molar-refractivity contribution in [3.05, 3.63) is 57.6 Å². The van der Waals surface area contributed by atoms with Crippen molar-refractivity contribution in [1.29, 1.82) is 0 Å². The number of benzene rings is 2. The van der Waals surface area contributed by atoms with Crippen LogP contribution in [0.2, 0.25) is 5.02 Å². The van der Waals surface area contributed by atoms with Crippen molar-refractivity contribution in [1.82, 2.24) is 4.90 Å². The third-order valence-electron chi connectivity index (χ3n) is 6.94. The van der Waals surface area contributed by atoms with Gasteiger partial charge in [-0.1, -0.05) is 35.9 Å². The van der Waals surface area contributed by atoms with Gasteiger partial charge >= 0.3 is 0 Å². The lowest BCUT2D eigenvalue weighted by atomic mass is 9.95. The summed E-state index contributed by atoms with van der Waals surface area (Å²) < 4.78 is 0. The lowest BCUT2D eigenvalue weighted by molar-refractivity contribution is -0.118. The first-order valence-electron chi connectivity index (χ1n) is 11.3. The SMILES string of the molecule is Cc1cccc(N2CCN(CCCc3cc4c5c(c3)CCN5C(=O)CC4)CC2)c1Cl. The van der Waals surface area contributed by atoms with E-state index in [-0.39, 0.29) is 0 Å². The molecule has 0 bridgehead atoms. The first kappa shape index (κ1) is 19.9. The fourth-order valence-corrected chi connectivity index (χ4v) is 5.52. The summed E-state index contributed by atoms with van der Waals surface area (Å²) in [6, 6.07) is 11.0. The van der Waals surface area contributed by atoms with Gasteiger partial charge < -0.3 is 9.80 Å². The molecule has 4 nitrogen and oxygen atoms in total. The fourth-order valence-electron chi connectivity index (χ4n) is 5.27. The van der Waals surface area contributed by atoms with Gasteiger partial charge in [-0.3, -0.25) is 9.69 Å². The molecular weight excluding hydrogens is 394 g/mol. The smallest absolute Gasteiger partial charge is 0.227 e. The van der Waals surface area contributed by atoms with E-state index in [1.165, 1.54) is 34.5 Å². The Hall–Kier alpha value is -2.04. The molecule has 0 N–H and O–H groups in total. The monoisotopic (exact) mass is 423 g/mol. The van der Waals surface area contributed by atoms with Gasteiger partial charge in [0.15, 0.2) is 0 Å². The highest BCUT2D eigenvalue weighted by Gasteiger charge is 2.31. The van der Waals surface area contributed by atoms with Crippen molar-refractivity contribution in [3.8, 4) is 0 Å². The second-order valence-corrected chi connectivity index (χ2v) is 9.28. The van der Waals surface area contributed by atoms with E-state index in [4.69, 9.17) is 11.6 Å². The second-order valence-electron chi connectivity index (χ2n) is 8.90. The molecule has 30 heavy (non-hydrogen) atoms. The van der Waals surface area contributed by atoms with Crippen LogP contribution in [0.25, 0.3) is 0 Å². The molecule has 1 fully saturated rings. The highest BCUT2D eigenvalue weighted by Crippen LogP contribution is 2.37. The minimum absolute atomic E-state index is 0.306. The van der Waals surface area contributed by atoms with Crippen LogP contribution in [0.1, 0.15) is 35.1 Å². The molecule has 0 radical (unpaired) electrons. The van der Waals surface area contributed by atoms with Gasteiger partial charge in [0.2, 0.25) is 5.91 Å². The maximum Gasteiger partial charge on any atom is 0.227 e. The van der Waals surface area contributed by atoms with Crippen LogP contribution in [0.4, 0.5) is 11.4 Å². The van der Waals surface area contributed by atoms with Gasteiger partial charge in [0.1, 0.15) is 0 Å². The van der Waals surface area contributed by atoms with Crippen LogP contribution in [0.5, 0.6) is 0 Å². The molecule has 0 aromatic heterocycles. The zero-order valence-electron chi connectivity index (χ0n) is 17.8. The summed E-state index contributed by atoms with van der Waals surface area (Å²) in [7, 11) is 0. The molecule has 0 aliphatic carbocycles. The Labute approximate surface area is 184 Å². The summed E-state index contributed by atoms with van der Waals surface area (Å²) in [6.07, 6.45) is 4.91. The van der Waals surface area contributed by atoms with Gasteiger partial charge in [0, 0.05) is 39.1 Å². The predicted octanol–water partition coefficient (Wildman–Crippen LogP) is 4.24. The van der Waals surface area contributed by atoms with Gasteiger partial charge in [-0.25, -0.2) is 0 Å². The van der Waals surface area contributed by atoms with Crippen LogP contribution in [0, 0.1) is 6.92 Å². The molecular formula is C25H30ClN3O. The third kappa shape index (κ3) is 3.72. The number of piperazine rings is 1. The van der Waals surface area contributed by atoms with E-state index in [0.29, 0.717) is 12.3 Å². The fraction of sp³-hybridized carbons (Fsp3) is 0.480. The summed E-state index contributed by atoms with van der Waals surface area (Å²) in [5.74, 6) is 0.306. The molecule has 3 aliphatic rings. The van der Waals surface area contributed by atoms with E-state index in [1.54, 1.807) is 0 Å². The average Bonchev–Trinajstić information content (AvgIpc) is 3.19. The molecule has 5 rings (SSSR count). The Morgan fingerprint density at radius 1 is 0.967 bits per heavy atom. The van der Waals surface area contributed by atoms with Gasteiger partial charge in [-0.05, 0) is 67.5 Å². The number of amides is 1. The lowest BCUT2D eigenvalue weighted by Crippen LogP contribution is -2.46. The Morgan fingerprint density at radius 2 is 1.73 bits per heavy atom. The van der Waals surface area contributed by atoms with Crippen molar-refractivity contribution in [3.63, 3.8) is 0 Å². The molecule has 0 spiro atoms. The molecule has 3 heterocycles. The zero-order valence-corrected chi connectivity index (χ0v) is 18.5. The maximum atomic E-state index is 12.1. The van der Waals surface area contributed by atoms with Crippen molar-refractivity contribution >= 4 is 28.9 Å². The first-order chi connectivity index (χ1) is 14.6. The summed E-state index contributed by atoms with van der Waals surface area (Å²) in [5, 5.41) is 0.895.